The monoisotopic (exact) mass is 244 g/mol. The summed E-state index contributed by atoms with van der Waals surface area (Å²) in [5, 5.41) is 2.88. The second-order valence-electron chi connectivity index (χ2n) is 5.20. The number of fused-ring (bicyclic) bond motifs is 1. The van der Waals surface area contributed by atoms with Crippen molar-refractivity contribution in [2.24, 2.45) is 5.92 Å². The summed E-state index contributed by atoms with van der Waals surface area (Å²) >= 11 is 0. The van der Waals surface area contributed by atoms with E-state index < -0.39 is 0 Å². The highest BCUT2D eigenvalue weighted by atomic mass is 16.1. The van der Waals surface area contributed by atoms with Gasteiger partial charge in [0.25, 0.3) is 0 Å². The molecule has 1 aromatic rings. The van der Waals surface area contributed by atoms with Crippen LogP contribution in [0.15, 0.2) is 30.9 Å². The van der Waals surface area contributed by atoms with Crippen LogP contribution in [0.1, 0.15) is 25.0 Å². The summed E-state index contributed by atoms with van der Waals surface area (Å²) in [6.45, 7) is 10.9. The molecule has 1 amide bonds. The lowest BCUT2D eigenvalue weighted by Gasteiger charge is -2.17. The molecular formula is C15H20N2O. The Morgan fingerprint density at radius 2 is 2.28 bits per heavy atom. The molecule has 0 aliphatic carbocycles. The summed E-state index contributed by atoms with van der Waals surface area (Å²) in [7, 11) is 0. The quantitative estimate of drug-likeness (QED) is 0.826. The number of amides is 1. The van der Waals surface area contributed by atoms with Crippen LogP contribution in [-0.2, 0) is 17.9 Å². The molecule has 0 unspecified atom stereocenters. The Hall–Kier alpha value is -1.61. The van der Waals surface area contributed by atoms with E-state index in [0.29, 0.717) is 5.92 Å². The maximum atomic E-state index is 11.4. The fourth-order valence-corrected chi connectivity index (χ4v) is 2.44. The van der Waals surface area contributed by atoms with Crippen LogP contribution in [0.25, 0.3) is 0 Å². The number of hydrogen-bond acceptors (Lipinski definition) is 2. The van der Waals surface area contributed by atoms with Crippen LogP contribution in [-0.4, -0.2) is 17.4 Å². The van der Waals surface area contributed by atoms with Gasteiger partial charge >= 0.3 is 0 Å². The van der Waals surface area contributed by atoms with Gasteiger partial charge in [-0.15, -0.1) is 0 Å². The minimum Gasteiger partial charge on any atom is -0.322 e. The Bertz CT molecular complexity index is 466. The molecule has 3 nitrogen and oxygen atoms in total. The molecule has 1 aromatic carbocycles. The van der Waals surface area contributed by atoms with E-state index >= 15 is 0 Å². The maximum Gasteiger partial charge on any atom is 0.247 e. The number of nitrogens with zero attached hydrogens (tertiary/aromatic N) is 1. The van der Waals surface area contributed by atoms with E-state index in [2.05, 4.69) is 36.7 Å². The Balaban J connectivity index is 2.16. The maximum absolute atomic E-state index is 11.4. The molecule has 0 radical (unpaired) electrons. The van der Waals surface area contributed by atoms with Gasteiger partial charge < -0.3 is 5.32 Å². The van der Waals surface area contributed by atoms with Gasteiger partial charge in [0.15, 0.2) is 0 Å². The van der Waals surface area contributed by atoms with Crippen LogP contribution in [0.2, 0.25) is 0 Å². The van der Waals surface area contributed by atoms with Crippen molar-refractivity contribution < 1.29 is 4.79 Å². The summed E-state index contributed by atoms with van der Waals surface area (Å²) in [4.78, 5) is 13.8. The first kappa shape index (κ1) is 12.8. The van der Waals surface area contributed by atoms with Crippen molar-refractivity contribution in [3.8, 4) is 0 Å². The van der Waals surface area contributed by atoms with Gasteiger partial charge in [-0.1, -0.05) is 32.6 Å². The highest BCUT2D eigenvalue weighted by Crippen LogP contribution is 2.29. The Kier molecular flexibility index (Phi) is 3.82. The first-order chi connectivity index (χ1) is 8.60. The van der Waals surface area contributed by atoms with Crippen molar-refractivity contribution in [1.82, 2.24) is 4.90 Å². The molecule has 0 fully saturated rings. The van der Waals surface area contributed by atoms with Crippen molar-refractivity contribution in [3.63, 3.8) is 0 Å². The normalized spacial score (nSPS) is 14.6. The smallest absolute Gasteiger partial charge is 0.247 e. The summed E-state index contributed by atoms with van der Waals surface area (Å²) in [5.74, 6) is 0.510. The van der Waals surface area contributed by atoms with Crippen LogP contribution in [0.4, 0.5) is 5.69 Å². The number of carbonyl (C=O) groups is 1. The third-order valence-corrected chi connectivity index (χ3v) is 3.12. The standard InChI is InChI=1S/C15H20N2O/c1-4-15(18)16-14-7-5-6-12-9-17(8-11(2)3)10-13(12)14/h4-7,11H,1,8-10H2,2-3H3,(H,16,18). The van der Waals surface area contributed by atoms with Crippen molar-refractivity contribution in [1.29, 1.82) is 0 Å². The molecular weight excluding hydrogens is 224 g/mol. The summed E-state index contributed by atoms with van der Waals surface area (Å²) < 4.78 is 0. The Morgan fingerprint density at radius 1 is 1.50 bits per heavy atom. The second-order valence-corrected chi connectivity index (χ2v) is 5.20. The molecule has 3 heteroatoms. The zero-order chi connectivity index (χ0) is 13.1. The highest BCUT2D eigenvalue weighted by Gasteiger charge is 2.22. The predicted octanol–water partition coefficient (Wildman–Crippen LogP) is 2.78. The van der Waals surface area contributed by atoms with Gasteiger partial charge in [0.1, 0.15) is 0 Å². The van der Waals surface area contributed by atoms with Crippen molar-refractivity contribution >= 4 is 11.6 Å². The van der Waals surface area contributed by atoms with Crippen molar-refractivity contribution in [2.45, 2.75) is 26.9 Å². The summed E-state index contributed by atoms with van der Waals surface area (Å²) in [5.41, 5.74) is 3.48. The fourth-order valence-electron chi connectivity index (χ4n) is 2.44. The second kappa shape index (κ2) is 5.36. The van der Waals surface area contributed by atoms with Crippen molar-refractivity contribution in [2.75, 3.05) is 11.9 Å². The van der Waals surface area contributed by atoms with Gasteiger partial charge in [0.05, 0.1) is 0 Å². The van der Waals surface area contributed by atoms with Crippen LogP contribution in [0.5, 0.6) is 0 Å². The van der Waals surface area contributed by atoms with E-state index in [1.54, 1.807) is 0 Å². The molecule has 96 valence electrons. The first-order valence-corrected chi connectivity index (χ1v) is 6.36. The first-order valence-electron chi connectivity index (χ1n) is 6.36. The van der Waals surface area contributed by atoms with Gasteiger partial charge in [-0.3, -0.25) is 9.69 Å². The number of benzene rings is 1. The van der Waals surface area contributed by atoms with Gasteiger partial charge in [0, 0.05) is 25.3 Å². The molecule has 0 spiro atoms. The molecule has 0 aromatic heterocycles. The minimum atomic E-state index is -0.147. The molecule has 0 saturated heterocycles. The Labute approximate surface area is 108 Å². The van der Waals surface area contributed by atoms with E-state index in [0.717, 1.165) is 25.3 Å². The number of carbonyl (C=O) groups excluding carboxylic acids is 1. The number of anilines is 1. The van der Waals surface area contributed by atoms with Crippen LogP contribution in [0, 0.1) is 5.92 Å². The van der Waals surface area contributed by atoms with E-state index in [1.807, 2.05) is 12.1 Å². The molecule has 18 heavy (non-hydrogen) atoms. The van der Waals surface area contributed by atoms with Crippen LogP contribution < -0.4 is 5.32 Å². The number of rotatable bonds is 4. The average molecular weight is 244 g/mol. The molecule has 0 atom stereocenters. The van der Waals surface area contributed by atoms with Gasteiger partial charge in [-0.2, -0.15) is 0 Å². The molecule has 1 N–H and O–H groups in total. The SMILES string of the molecule is C=CC(=O)Nc1cccc2c1CN(CC(C)C)C2. The molecule has 0 bridgehead atoms. The fraction of sp³-hybridized carbons (Fsp3) is 0.400. The molecule has 2 rings (SSSR count). The van der Waals surface area contributed by atoms with E-state index in [-0.39, 0.29) is 5.91 Å². The predicted molar refractivity (Wildman–Crippen MR) is 74.2 cm³/mol. The van der Waals surface area contributed by atoms with Crippen LogP contribution in [0.3, 0.4) is 0 Å². The van der Waals surface area contributed by atoms with E-state index in [4.69, 9.17) is 0 Å². The van der Waals surface area contributed by atoms with Crippen LogP contribution >= 0.6 is 0 Å². The van der Waals surface area contributed by atoms with Gasteiger partial charge in [-0.25, -0.2) is 0 Å². The molecule has 1 aliphatic rings. The minimum absolute atomic E-state index is 0.147. The average Bonchev–Trinajstić information content (AvgIpc) is 2.71. The zero-order valence-corrected chi connectivity index (χ0v) is 11.1. The van der Waals surface area contributed by atoms with E-state index in [9.17, 15) is 4.79 Å². The largest absolute Gasteiger partial charge is 0.322 e. The number of hydrogen-bond donors (Lipinski definition) is 1. The summed E-state index contributed by atoms with van der Waals surface area (Å²) in [6.07, 6.45) is 1.31. The topological polar surface area (TPSA) is 32.3 Å². The summed E-state index contributed by atoms with van der Waals surface area (Å²) in [6, 6.07) is 6.09. The van der Waals surface area contributed by atoms with E-state index in [1.165, 1.54) is 17.2 Å². The number of nitrogens with one attached hydrogen (secondary N) is 1. The lowest BCUT2D eigenvalue weighted by atomic mass is 10.1. The third kappa shape index (κ3) is 2.79. The lowest BCUT2D eigenvalue weighted by Crippen LogP contribution is -2.21. The van der Waals surface area contributed by atoms with Gasteiger partial charge in [-0.05, 0) is 29.2 Å². The molecule has 1 heterocycles. The van der Waals surface area contributed by atoms with Gasteiger partial charge in [0.2, 0.25) is 5.91 Å². The molecule has 0 saturated carbocycles. The highest BCUT2D eigenvalue weighted by molar-refractivity contribution is 5.99. The zero-order valence-electron chi connectivity index (χ0n) is 11.1. The Morgan fingerprint density at radius 3 is 2.94 bits per heavy atom. The van der Waals surface area contributed by atoms with Crippen molar-refractivity contribution in [3.05, 3.63) is 42.0 Å². The molecule has 1 aliphatic heterocycles. The third-order valence-electron chi connectivity index (χ3n) is 3.12. The lowest BCUT2D eigenvalue weighted by molar-refractivity contribution is -0.111.